The van der Waals surface area contributed by atoms with E-state index in [0.717, 1.165) is 17.8 Å². The monoisotopic (exact) mass is 250 g/mol. The Bertz CT molecular complexity index is 521. The molecule has 90 valence electrons. The average molecular weight is 251 g/mol. The third-order valence-corrected chi connectivity index (χ3v) is 2.86. The standard InChI is InChI=1S/C12H15ClN4/c1-16(7-9-6-15-17(2)8-9)12-4-3-10(14)5-11(12)13/h3-6,8H,7,14H2,1-2H3. The van der Waals surface area contributed by atoms with Crippen LogP contribution in [0.25, 0.3) is 0 Å². The van der Waals surface area contributed by atoms with Crippen LogP contribution in [-0.2, 0) is 13.6 Å². The van der Waals surface area contributed by atoms with Crippen LogP contribution in [0.2, 0.25) is 5.02 Å². The lowest BCUT2D eigenvalue weighted by molar-refractivity contribution is 0.766. The maximum absolute atomic E-state index is 6.15. The highest BCUT2D eigenvalue weighted by Crippen LogP contribution is 2.27. The molecule has 0 aliphatic rings. The summed E-state index contributed by atoms with van der Waals surface area (Å²) in [5, 5.41) is 4.80. The summed E-state index contributed by atoms with van der Waals surface area (Å²) in [4.78, 5) is 2.07. The Morgan fingerprint density at radius 2 is 2.24 bits per heavy atom. The van der Waals surface area contributed by atoms with Gasteiger partial charge < -0.3 is 10.6 Å². The van der Waals surface area contributed by atoms with Crippen molar-refractivity contribution in [3.8, 4) is 0 Å². The minimum Gasteiger partial charge on any atom is -0.399 e. The van der Waals surface area contributed by atoms with Crippen LogP contribution in [0, 0.1) is 0 Å². The van der Waals surface area contributed by atoms with Gasteiger partial charge in [0.25, 0.3) is 0 Å². The molecular weight excluding hydrogens is 236 g/mol. The van der Waals surface area contributed by atoms with Gasteiger partial charge in [-0.25, -0.2) is 0 Å². The van der Waals surface area contributed by atoms with Crippen molar-refractivity contribution in [1.82, 2.24) is 9.78 Å². The molecule has 0 saturated heterocycles. The first-order valence-electron chi connectivity index (χ1n) is 5.30. The predicted octanol–water partition coefficient (Wildman–Crippen LogP) is 2.29. The molecule has 0 radical (unpaired) electrons. The number of hydrogen-bond donors (Lipinski definition) is 1. The van der Waals surface area contributed by atoms with Crippen LogP contribution in [0.3, 0.4) is 0 Å². The van der Waals surface area contributed by atoms with Crippen molar-refractivity contribution in [3.63, 3.8) is 0 Å². The van der Waals surface area contributed by atoms with E-state index in [4.69, 9.17) is 17.3 Å². The van der Waals surface area contributed by atoms with Crippen LogP contribution in [0.5, 0.6) is 0 Å². The number of nitrogens with zero attached hydrogens (tertiary/aromatic N) is 3. The summed E-state index contributed by atoms with van der Waals surface area (Å²) in [5.41, 5.74) is 8.45. The van der Waals surface area contributed by atoms with Gasteiger partial charge in [0.1, 0.15) is 0 Å². The van der Waals surface area contributed by atoms with E-state index in [1.807, 2.05) is 38.6 Å². The van der Waals surface area contributed by atoms with Crippen LogP contribution in [0.1, 0.15) is 5.56 Å². The lowest BCUT2D eigenvalue weighted by Crippen LogP contribution is -2.16. The van der Waals surface area contributed by atoms with E-state index in [9.17, 15) is 0 Å². The molecule has 2 N–H and O–H groups in total. The third-order valence-electron chi connectivity index (χ3n) is 2.56. The SMILES string of the molecule is CN(Cc1cnn(C)c1)c1ccc(N)cc1Cl. The zero-order chi connectivity index (χ0) is 12.4. The molecule has 2 aromatic rings. The molecule has 0 amide bonds. The fourth-order valence-corrected chi connectivity index (χ4v) is 2.08. The van der Waals surface area contributed by atoms with E-state index in [-0.39, 0.29) is 0 Å². The lowest BCUT2D eigenvalue weighted by atomic mass is 10.2. The second kappa shape index (κ2) is 4.67. The van der Waals surface area contributed by atoms with E-state index in [1.54, 1.807) is 10.7 Å². The van der Waals surface area contributed by atoms with Gasteiger partial charge in [-0.15, -0.1) is 0 Å². The summed E-state index contributed by atoms with van der Waals surface area (Å²) in [6, 6.07) is 5.53. The Morgan fingerprint density at radius 1 is 1.47 bits per heavy atom. The Morgan fingerprint density at radius 3 is 2.82 bits per heavy atom. The number of aromatic nitrogens is 2. The largest absolute Gasteiger partial charge is 0.399 e. The zero-order valence-corrected chi connectivity index (χ0v) is 10.6. The molecule has 0 aliphatic carbocycles. The van der Waals surface area contributed by atoms with Gasteiger partial charge in [-0.1, -0.05) is 11.6 Å². The molecule has 0 spiro atoms. The van der Waals surface area contributed by atoms with E-state index >= 15 is 0 Å². The third kappa shape index (κ3) is 2.71. The van der Waals surface area contributed by atoms with Gasteiger partial charge in [0.15, 0.2) is 0 Å². The van der Waals surface area contributed by atoms with Crippen molar-refractivity contribution in [1.29, 1.82) is 0 Å². The van der Waals surface area contributed by atoms with Crippen LogP contribution in [0.15, 0.2) is 30.6 Å². The van der Waals surface area contributed by atoms with Crippen molar-refractivity contribution in [2.75, 3.05) is 17.7 Å². The van der Waals surface area contributed by atoms with E-state index in [2.05, 4.69) is 10.00 Å². The number of nitrogen functional groups attached to an aromatic ring is 1. The fourth-order valence-electron chi connectivity index (χ4n) is 1.75. The Balaban J connectivity index is 2.17. The van der Waals surface area contributed by atoms with E-state index < -0.39 is 0 Å². The molecule has 0 unspecified atom stereocenters. The number of rotatable bonds is 3. The quantitative estimate of drug-likeness (QED) is 0.851. The van der Waals surface area contributed by atoms with E-state index in [1.165, 1.54) is 0 Å². The molecule has 17 heavy (non-hydrogen) atoms. The molecular formula is C12H15ClN4. The molecule has 0 saturated carbocycles. The van der Waals surface area contributed by atoms with Gasteiger partial charge in [-0.05, 0) is 18.2 Å². The summed E-state index contributed by atoms with van der Waals surface area (Å²) < 4.78 is 1.79. The first-order chi connectivity index (χ1) is 8.06. The first-order valence-corrected chi connectivity index (χ1v) is 5.68. The van der Waals surface area contributed by atoms with Crippen molar-refractivity contribution in [2.24, 2.45) is 7.05 Å². The predicted molar refractivity (Wildman–Crippen MR) is 71.2 cm³/mol. The molecule has 4 nitrogen and oxygen atoms in total. The van der Waals surface area contributed by atoms with Gasteiger partial charge in [0, 0.05) is 38.1 Å². The number of nitrogens with two attached hydrogens (primary N) is 1. The minimum absolute atomic E-state index is 0.663. The van der Waals surface area contributed by atoms with Gasteiger partial charge in [-0.3, -0.25) is 4.68 Å². The highest BCUT2D eigenvalue weighted by Gasteiger charge is 2.07. The summed E-state index contributed by atoms with van der Waals surface area (Å²) in [7, 11) is 3.89. The first kappa shape index (κ1) is 11.8. The second-order valence-electron chi connectivity index (χ2n) is 4.09. The maximum Gasteiger partial charge on any atom is 0.0660 e. The minimum atomic E-state index is 0.663. The van der Waals surface area contributed by atoms with Crippen LogP contribution >= 0.6 is 11.6 Å². The highest BCUT2D eigenvalue weighted by molar-refractivity contribution is 6.33. The summed E-state index contributed by atoms with van der Waals surface area (Å²) in [5.74, 6) is 0. The summed E-state index contributed by atoms with van der Waals surface area (Å²) in [6.45, 7) is 0.761. The smallest absolute Gasteiger partial charge is 0.0660 e. The normalized spacial score (nSPS) is 10.5. The number of halogens is 1. The topological polar surface area (TPSA) is 47.1 Å². The second-order valence-corrected chi connectivity index (χ2v) is 4.50. The Hall–Kier alpha value is -1.68. The molecule has 1 heterocycles. The average Bonchev–Trinajstić information content (AvgIpc) is 2.63. The van der Waals surface area contributed by atoms with Crippen molar-refractivity contribution >= 4 is 23.0 Å². The number of hydrogen-bond acceptors (Lipinski definition) is 3. The molecule has 0 atom stereocenters. The number of benzene rings is 1. The molecule has 5 heteroatoms. The van der Waals surface area contributed by atoms with Gasteiger partial charge in [0.2, 0.25) is 0 Å². The van der Waals surface area contributed by atoms with Crippen molar-refractivity contribution < 1.29 is 0 Å². The summed E-state index contributed by atoms with van der Waals surface area (Å²) in [6.07, 6.45) is 3.84. The highest BCUT2D eigenvalue weighted by atomic mass is 35.5. The van der Waals surface area contributed by atoms with Gasteiger partial charge >= 0.3 is 0 Å². The van der Waals surface area contributed by atoms with Crippen LogP contribution < -0.4 is 10.6 Å². The van der Waals surface area contributed by atoms with Crippen LogP contribution in [-0.4, -0.2) is 16.8 Å². The maximum atomic E-state index is 6.15. The van der Waals surface area contributed by atoms with E-state index in [0.29, 0.717) is 10.7 Å². The van der Waals surface area contributed by atoms with Gasteiger partial charge in [0.05, 0.1) is 16.9 Å². The summed E-state index contributed by atoms with van der Waals surface area (Å²) >= 11 is 6.15. The molecule has 0 bridgehead atoms. The fraction of sp³-hybridized carbons (Fsp3) is 0.250. The Labute approximate surface area is 106 Å². The Kier molecular flexibility index (Phi) is 3.24. The molecule has 2 rings (SSSR count). The molecule has 0 aliphatic heterocycles. The van der Waals surface area contributed by atoms with Crippen LogP contribution in [0.4, 0.5) is 11.4 Å². The zero-order valence-electron chi connectivity index (χ0n) is 9.89. The van der Waals surface area contributed by atoms with Crippen molar-refractivity contribution in [2.45, 2.75) is 6.54 Å². The molecule has 0 fully saturated rings. The molecule has 1 aromatic heterocycles. The molecule has 1 aromatic carbocycles. The van der Waals surface area contributed by atoms with Crippen molar-refractivity contribution in [3.05, 3.63) is 41.2 Å². The lowest BCUT2D eigenvalue weighted by Gasteiger charge is -2.20. The number of aryl methyl sites for hydroxylation is 1. The van der Waals surface area contributed by atoms with Gasteiger partial charge in [-0.2, -0.15) is 5.10 Å². The number of anilines is 2.